The van der Waals surface area contributed by atoms with Crippen LogP contribution in [0.15, 0.2) is 46.7 Å². The molecule has 112 valence electrons. The van der Waals surface area contributed by atoms with Crippen LogP contribution in [0.1, 0.15) is 15.2 Å². The number of halogens is 1. The molecule has 0 unspecified atom stereocenters. The Balaban J connectivity index is 1.79. The van der Waals surface area contributed by atoms with Gasteiger partial charge in [-0.3, -0.25) is 9.59 Å². The smallest absolute Gasteiger partial charge is 0.256 e. The number of aromatic amines is 1. The lowest BCUT2D eigenvalue weighted by molar-refractivity contribution is 0.0953. The molecule has 2 aromatic heterocycles. The zero-order valence-corrected chi connectivity index (χ0v) is 12.4. The minimum Gasteiger partial charge on any atom is -0.358 e. The number of fused-ring (bicyclic) bond motifs is 1. The third-order valence-electron chi connectivity index (χ3n) is 3.35. The van der Waals surface area contributed by atoms with Crippen LogP contribution < -0.4 is 10.7 Å². The quantitative estimate of drug-likeness (QED) is 0.777. The summed E-state index contributed by atoms with van der Waals surface area (Å²) in [6.07, 6.45) is 1.97. The molecule has 6 heteroatoms. The molecular weight excluding hydrogens is 303 g/mol. The first kappa shape index (κ1) is 14.5. The molecule has 1 aromatic carbocycles. The summed E-state index contributed by atoms with van der Waals surface area (Å²) in [5.74, 6) is -0.969. The Kier molecular flexibility index (Phi) is 4.02. The van der Waals surface area contributed by atoms with Crippen molar-refractivity contribution in [3.63, 3.8) is 0 Å². The molecule has 0 aliphatic heterocycles. The van der Waals surface area contributed by atoms with Gasteiger partial charge in [0.15, 0.2) is 0 Å². The van der Waals surface area contributed by atoms with Gasteiger partial charge in [-0.2, -0.15) is 0 Å². The minimum atomic E-state index is -0.515. The molecule has 22 heavy (non-hydrogen) atoms. The van der Waals surface area contributed by atoms with E-state index >= 15 is 0 Å². The summed E-state index contributed by atoms with van der Waals surface area (Å²) < 4.78 is 13.6. The molecule has 0 spiro atoms. The minimum absolute atomic E-state index is 0.00993. The molecule has 1 amide bonds. The van der Waals surface area contributed by atoms with Crippen molar-refractivity contribution in [3.05, 3.63) is 68.4 Å². The fourth-order valence-corrected chi connectivity index (χ4v) is 2.94. The van der Waals surface area contributed by atoms with Gasteiger partial charge in [0.1, 0.15) is 11.4 Å². The molecular formula is C16H13FN2O2S. The monoisotopic (exact) mass is 316 g/mol. The number of hydrogen-bond donors (Lipinski definition) is 2. The molecule has 0 aliphatic carbocycles. The molecule has 0 radical (unpaired) electrons. The highest BCUT2D eigenvalue weighted by Crippen LogP contribution is 2.12. The number of H-pyrrole nitrogens is 1. The largest absolute Gasteiger partial charge is 0.358 e. The van der Waals surface area contributed by atoms with Crippen LogP contribution in [0.5, 0.6) is 0 Å². The Labute approximate surface area is 129 Å². The maximum atomic E-state index is 13.6. The molecule has 0 aliphatic rings. The standard InChI is InChI=1S/C16H13FN2O2S/c17-13-5-1-4-11-14(13)19-9-12(15(11)20)16(21)18-7-6-10-3-2-8-22-10/h1-5,8-9H,6-7H2,(H,18,21)(H,19,20). The van der Waals surface area contributed by atoms with Crippen molar-refractivity contribution in [3.8, 4) is 0 Å². The van der Waals surface area contributed by atoms with E-state index in [1.807, 2.05) is 17.5 Å². The molecule has 0 saturated carbocycles. The van der Waals surface area contributed by atoms with Gasteiger partial charge in [-0.25, -0.2) is 4.39 Å². The number of benzene rings is 1. The van der Waals surface area contributed by atoms with Crippen molar-refractivity contribution in [2.24, 2.45) is 0 Å². The molecule has 0 fully saturated rings. The third kappa shape index (κ3) is 2.78. The Morgan fingerprint density at radius 3 is 2.91 bits per heavy atom. The molecule has 2 heterocycles. The lowest BCUT2D eigenvalue weighted by Gasteiger charge is -2.05. The number of hydrogen-bond acceptors (Lipinski definition) is 3. The molecule has 2 N–H and O–H groups in total. The summed E-state index contributed by atoms with van der Waals surface area (Å²) in [6, 6.07) is 8.15. The van der Waals surface area contributed by atoms with Crippen LogP contribution in [0.3, 0.4) is 0 Å². The van der Waals surface area contributed by atoms with Gasteiger partial charge in [0.05, 0.1) is 5.52 Å². The highest BCUT2D eigenvalue weighted by molar-refractivity contribution is 7.09. The van der Waals surface area contributed by atoms with Crippen LogP contribution in [-0.4, -0.2) is 17.4 Å². The number of thiophene rings is 1. The van der Waals surface area contributed by atoms with Crippen molar-refractivity contribution in [1.29, 1.82) is 0 Å². The van der Waals surface area contributed by atoms with Gasteiger partial charge in [0.2, 0.25) is 5.43 Å². The van der Waals surface area contributed by atoms with E-state index in [1.54, 1.807) is 11.3 Å². The summed E-state index contributed by atoms with van der Waals surface area (Å²) in [5.41, 5.74) is -0.367. The van der Waals surface area contributed by atoms with Crippen molar-refractivity contribution < 1.29 is 9.18 Å². The topological polar surface area (TPSA) is 62.0 Å². The summed E-state index contributed by atoms with van der Waals surface area (Å²) in [7, 11) is 0. The number of carbonyl (C=O) groups excluding carboxylic acids is 1. The second kappa shape index (κ2) is 6.11. The number of carbonyl (C=O) groups is 1. The average Bonchev–Trinajstić information content (AvgIpc) is 3.02. The Morgan fingerprint density at radius 1 is 1.27 bits per heavy atom. The van der Waals surface area contributed by atoms with E-state index in [4.69, 9.17) is 0 Å². The van der Waals surface area contributed by atoms with Gasteiger partial charge in [-0.05, 0) is 30.0 Å². The van der Waals surface area contributed by atoms with Gasteiger partial charge < -0.3 is 10.3 Å². The highest BCUT2D eigenvalue weighted by Gasteiger charge is 2.14. The molecule has 4 nitrogen and oxygen atoms in total. The van der Waals surface area contributed by atoms with E-state index in [1.165, 1.54) is 24.4 Å². The van der Waals surface area contributed by atoms with Crippen molar-refractivity contribution in [2.75, 3.05) is 6.54 Å². The normalized spacial score (nSPS) is 10.8. The van der Waals surface area contributed by atoms with Gasteiger partial charge in [-0.15, -0.1) is 11.3 Å². The van der Waals surface area contributed by atoms with E-state index in [2.05, 4.69) is 10.3 Å². The second-order valence-electron chi connectivity index (χ2n) is 4.78. The fraction of sp³-hybridized carbons (Fsp3) is 0.125. The number of nitrogens with one attached hydrogen (secondary N) is 2. The average molecular weight is 316 g/mol. The van der Waals surface area contributed by atoms with E-state index < -0.39 is 17.2 Å². The lowest BCUT2D eigenvalue weighted by Crippen LogP contribution is -2.30. The predicted molar refractivity (Wildman–Crippen MR) is 84.9 cm³/mol. The molecule has 3 aromatic rings. The van der Waals surface area contributed by atoms with Crippen molar-refractivity contribution >= 4 is 28.1 Å². The van der Waals surface area contributed by atoms with Crippen LogP contribution >= 0.6 is 11.3 Å². The SMILES string of the molecule is O=C(NCCc1cccs1)c1c[nH]c2c(F)cccc2c1=O. The van der Waals surface area contributed by atoms with Crippen LogP contribution in [0, 0.1) is 5.82 Å². The van der Waals surface area contributed by atoms with Crippen LogP contribution in [0.25, 0.3) is 10.9 Å². The molecule has 0 bridgehead atoms. The van der Waals surface area contributed by atoms with E-state index in [0.717, 1.165) is 4.88 Å². The first-order valence-electron chi connectivity index (χ1n) is 6.77. The Morgan fingerprint density at radius 2 is 2.14 bits per heavy atom. The van der Waals surface area contributed by atoms with Gasteiger partial charge >= 0.3 is 0 Å². The van der Waals surface area contributed by atoms with Crippen LogP contribution in [0.4, 0.5) is 4.39 Å². The third-order valence-corrected chi connectivity index (χ3v) is 4.28. The Hall–Kier alpha value is -2.47. The number of aromatic nitrogens is 1. The lowest BCUT2D eigenvalue weighted by atomic mass is 10.1. The predicted octanol–water partition coefficient (Wildman–Crippen LogP) is 2.70. The number of pyridine rings is 1. The number of rotatable bonds is 4. The first-order chi connectivity index (χ1) is 10.7. The zero-order chi connectivity index (χ0) is 15.5. The van der Waals surface area contributed by atoms with Crippen LogP contribution in [0.2, 0.25) is 0 Å². The van der Waals surface area contributed by atoms with E-state index in [0.29, 0.717) is 13.0 Å². The summed E-state index contributed by atoms with van der Waals surface area (Å²) in [5, 5.41) is 4.86. The summed E-state index contributed by atoms with van der Waals surface area (Å²) in [6.45, 7) is 0.444. The fourth-order valence-electron chi connectivity index (χ4n) is 2.23. The highest BCUT2D eigenvalue weighted by atomic mass is 32.1. The molecule has 0 atom stereocenters. The van der Waals surface area contributed by atoms with Crippen molar-refractivity contribution in [2.45, 2.75) is 6.42 Å². The Bertz CT molecular complexity index is 871. The van der Waals surface area contributed by atoms with Crippen LogP contribution in [-0.2, 0) is 6.42 Å². The zero-order valence-electron chi connectivity index (χ0n) is 11.6. The number of para-hydroxylation sites is 1. The first-order valence-corrected chi connectivity index (χ1v) is 7.65. The summed E-state index contributed by atoms with van der Waals surface area (Å²) >= 11 is 1.62. The molecule has 3 rings (SSSR count). The van der Waals surface area contributed by atoms with E-state index in [9.17, 15) is 14.0 Å². The maximum Gasteiger partial charge on any atom is 0.256 e. The maximum absolute atomic E-state index is 13.6. The number of amides is 1. The molecule has 0 saturated heterocycles. The van der Waals surface area contributed by atoms with Gasteiger partial charge in [0.25, 0.3) is 5.91 Å². The van der Waals surface area contributed by atoms with Gasteiger partial charge in [0, 0.05) is 23.0 Å². The van der Waals surface area contributed by atoms with Crippen molar-refractivity contribution in [1.82, 2.24) is 10.3 Å². The second-order valence-corrected chi connectivity index (χ2v) is 5.81. The van der Waals surface area contributed by atoms with E-state index in [-0.39, 0.29) is 16.5 Å². The van der Waals surface area contributed by atoms with Gasteiger partial charge in [-0.1, -0.05) is 12.1 Å². The summed E-state index contributed by atoms with van der Waals surface area (Å²) in [4.78, 5) is 28.2.